The summed E-state index contributed by atoms with van der Waals surface area (Å²) in [6.45, 7) is 3.93. The van der Waals surface area contributed by atoms with E-state index in [0.29, 0.717) is 11.0 Å². The number of hydrogen-bond acceptors (Lipinski definition) is 4. The average molecular weight is 308 g/mol. The highest BCUT2D eigenvalue weighted by Gasteiger charge is 2.15. The van der Waals surface area contributed by atoms with E-state index in [0.717, 1.165) is 11.1 Å². The number of aryl methyl sites for hydroxylation is 1. The van der Waals surface area contributed by atoms with Crippen molar-refractivity contribution in [3.63, 3.8) is 0 Å². The van der Waals surface area contributed by atoms with Gasteiger partial charge in [-0.3, -0.25) is 0 Å². The molecule has 1 aromatic heterocycles. The lowest BCUT2D eigenvalue weighted by Gasteiger charge is -2.05. The SMILES string of the molecule is CCOC(=O)c1cc2ccc(-c3ccc(C)cc3)cc2oc1=O. The second kappa shape index (κ2) is 6.08. The smallest absolute Gasteiger partial charge is 0.351 e. The van der Waals surface area contributed by atoms with Crippen LogP contribution in [0.2, 0.25) is 0 Å². The van der Waals surface area contributed by atoms with Crippen LogP contribution in [0, 0.1) is 6.92 Å². The van der Waals surface area contributed by atoms with Crippen LogP contribution < -0.4 is 5.63 Å². The first-order chi connectivity index (χ1) is 11.1. The Labute approximate surface area is 133 Å². The summed E-state index contributed by atoms with van der Waals surface area (Å²) in [4.78, 5) is 23.7. The van der Waals surface area contributed by atoms with Gasteiger partial charge >= 0.3 is 11.6 Å². The lowest BCUT2D eigenvalue weighted by atomic mass is 10.0. The van der Waals surface area contributed by atoms with Crippen molar-refractivity contribution < 1.29 is 13.9 Å². The average Bonchev–Trinajstić information content (AvgIpc) is 2.54. The number of rotatable bonds is 3. The molecule has 0 aliphatic heterocycles. The lowest BCUT2D eigenvalue weighted by Crippen LogP contribution is -2.16. The second-order valence-corrected chi connectivity index (χ2v) is 5.29. The monoisotopic (exact) mass is 308 g/mol. The minimum absolute atomic E-state index is 0.0811. The molecule has 0 spiro atoms. The fourth-order valence-electron chi connectivity index (χ4n) is 2.39. The summed E-state index contributed by atoms with van der Waals surface area (Å²) in [6, 6.07) is 15.2. The summed E-state index contributed by atoms with van der Waals surface area (Å²) in [5.41, 5.74) is 2.85. The van der Waals surface area contributed by atoms with Crippen LogP contribution in [-0.2, 0) is 4.74 Å². The van der Waals surface area contributed by atoms with Gasteiger partial charge in [-0.2, -0.15) is 0 Å². The van der Waals surface area contributed by atoms with Crippen LogP contribution in [0.15, 0.2) is 57.7 Å². The molecule has 0 atom stereocenters. The third-order valence-corrected chi connectivity index (χ3v) is 3.62. The summed E-state index contributed by atoms with van der Waals surface area (Å²) in [6.07, 6.45) is 0. The number of ether oxygens (including phenoxy) is 1. The van der Waals surface area contributed by atoms with E-state index >= 15 is 0 Å². The van der Waals surface area contributed by atoms with Crippen LogP contribution >= 0.6 is 0 Å². The van der Waals surface area contributed by atoms with Crippen LogP contribution in [-0.4, -0.2) is 12.6 Å². The molecule has 0 aliphatic rings. The molecule has 0 amide bonds. The van der Waals surface area contributed by atoms with Gasteiger partial charge in [-0.15, -0.1) is 0 Å². The highest BCUT2D eigenvalue weighted by molar-refractivity contribution is 5.93. The molecule has 3 rings (SSSR count). The summed E-state index contributed by atoms with van der Waals surface area (Å²) in [7, 11) is 0. The van der Waals surface area contributed by atoms with Gasteiger partial charge in [0.25, 0.3) is 0 Å². The molecular formula is C19H16O4. The van der Waals surface area contributed by atoms with E-state index in [4.69, 9.17) is 9.15 Å². The molecule has 0 fully saturated rings. The molecule has 0 radical (unpaired) electrons. The Kier molecular flexibility index (Phi) is 3.98. The predicted octanol–water partition coefficient (Wildman–Crippen LogP) is 3.95. The molecule has 116 valence electrons. The second-order valence-electron chi connectivity index (χ2n) is 5.29. The van der Waals surface area contributed by atoms with Gasteiger partial charge in [0.15, 0.2) is 0 Å². The van der Waals surface area contributed by atoms with Gasteiger partial charge in [0.1, 0.15) is 11.1 Å². The Morgan fingerprint density at radius 2 is 1.74 bits per heavy atom. The molecule has 2 aromatic carbocycles. The van der Waals surface area contributed by atoms with Crippen molar-refractivity contribution >= 4 is 16.9 Å². The zero-order valence-corrected chi connectivity index (χ0v) is 13.0. The zero-order valence-electron chi connectivity index (χ0n) is 13.0. The van der Waals surface area contributed by atoms with Gasteiger partial charge in [0, 0.05) is 5.39 Å². The third kappa shape index (κ3) is 3.01. The first kappa shape index (κ1) is 15.0. The fraction of sp³-hybridized carbons (Fsp3) is 0.158. The Bertz CT molecular complexity index is 920. The van der Waals surface area contributed by atoms with Crippen LogP contribution in [0.4, 0.5) is 0 Å². The summed E-state index contributed by atoms with van der Waals surface area (Å²) >= 11 is 0. The molecule has 4 heteroatoms. The molecule has 4 nitrogen and oxygen atoms in total. The van der Waals surface area contributed by atoms with E-state index < -0.39 is 11.6 Å². The van der Waals surface area contributed by atoms with Crippen LogP contribution in [0.1, 0.15) is 22.8 Å². The molecule has 3 aromatic rings. The van der Waals surface area contributed by atoms with E-state index in [2.05, 4.69) is 0 Å². The van der Waals surface area contributed by atoms with Crippen LogP contribution in [0.25, 0.3) is 22.1 Å². The normalized spacial score (nSPS) is 10.7. The van der Waals surface area contributed by atoms with Crippen molar-refractivity contribution in [3.8, 4) is 11.1 Å². The number of esters is 1. The Morgan fingerprint density at radius 1 is 1.04 bits per heavy atom. The lowest BCUT2D eigenvalue weighted by molar-refractivity contribution is 0.0522. The highest BCUT2D eigenvalue weighted by Crippen LogP contribution is 2.24. The molecular weight excluding hydrogens is 292 g/mol. The molecule has 0 saturated carbocycles. The zero-order chi connectivity index (χ0) is 16.4. The van der Waals surface area contributed by atoms with E-state index in [1.165, 1.54) is 11.6 Å². The quantitative estimate of drug-likeness (QED) is 0.543. The molecule has 0 unspecified atom stereocenters. The first-order valence-electron chi connectivity index (χ1n) is 7.40. The maximum atomic E-state index is 12.0. The van der Waals surface area contributed by atoms with Crippen LogP contribution in [0.5, 0.6) is 0 Å². The largest absolute Gasteiger partial charge is 0.462 e. The predicted molar refractivity (Wildman–Crippen MR) is 88.6 cm³/mol. The summed E-state index contributed by atoms with van der Waals surface area (Å²) in [5.74, 6) is -0.661. The number of hydrogen-bond donors (Lipinski definition) is 0. The van der Waals surface area contributed by atoms with Gasteiger partial charge in [0.2, 0.25) is 0 Å². The van der Waals surface area contributed by atoms with Gasteiger partial charge < -0.3 is 9.15 Å². The molecule has 0 N–H and O–H groups in total. The molecule has 0 bridgehead atoms. The van der Waals surface area contributed by atoms with Crippen LogP contribution in [0.3, 0.4) is 0 Å². The molecule has 1 heterocycles. The molecule has 0 saturated heterocycles. The van der Waals surface area contributed by atoms with Crippen molar-refractivity contribution in [1.82, 2.24) is 0 Å². The maximum Gasteiger partial charge on any atom is 0.351 e. The minimum atomic E-state index is -0.683. The van der Waals surface area contributed by atoms with Crippen molar-refractivity contribution in [3.05, 3.63) is 70.1 Å². The minimum Gasteiger partial charge on any atom is -0.462 e. The molecule has 0 aliphatic carbocycles. The van der Waals surface area contributed by atoms with Gasteiger partial charge in [-0.25, -0.2) is 9.59 Å². The van der Waals surface area contributed by atoms with Gasteiger partial charge in [-0.1, -0.05) is 42.0 Å². The number of carbonyl (C=O) groups is 1. The topological polar surface area (TPSA) is 56.5 Å². The Hall–Kier alpha value is -2.88. The van der Waals surface area contributed by atoms with E-state index in [1.54, 1.807) is 13.0 Å². The van der Waals surface area contributed by atoms with E-state index in [9.17, 15) is 9.59 Å². The number of fused-ring (bicyclic) bond motifs is 1. The maximum absolute atomic E-state index is 12.0. The Morgan fingerprint density at radius 3 is 2.43 bits per heavy atom. The number of benzene rings is 2. The van der Waals surface area contributed by atoms with Gasteiger partial charge in [0.05, 0.1) is 6.61 Å². The first-order valence-corrected chi connectivity index (χ1v) is 7.40. The summed E-state index contributed by atoms with van der Waals surface area (Å²) in [5, 5.41) is 0.684. The Balaban J connectivity index is 2.07. The highest BCUT2D eigenvalue weighted by atomic mass is 16.5. The summed E-state index contributed by atoms with van der Waals surface area (Å²) < 4.78 is 10.2. The van der Waals surface area contributed by atoms with Crippen molar-refractivity contribution in [1.29, 1.82) is 0 Å². The van der Waals surface area contributed by atoms with Crippen molar-refractivity contribution in [2.45, 2.75) is 13.8 Å². The van der Waals surface area contributed by atoms with Crippen molar-refractivity contribution in [2.24, 2.45) is 0 Å². The van der Waals surface area contributed by atoms with E-state index in [1.807, 2.05) is 43.3 Å². The number of carbonyl (C=O) groups excluding carboxylic acids is 1. The molecule has 23 heavy (non-hydrogen) atoms. The van der Waals surface area contributed by atoms with E-state index in [-0.39, 0.29) is 12.2 Å². The van der Waals surface area contributed by atoms with Gasteiger partial charge in [-0.05, 0) is 37.1 Å². The fourth-order valence-corrected chi connectivity index (χ4v) is 2.39. The third-order valence-electron chi connectivity index (χ3n) is 3.62. The van der Waals surface area contributed by atoms with Crippen molar-refractivity contribution in [2.75, 3.05) is 6.61 Å². The standard InChI is InChI=1S/C19H16O4/c1-3-22-18(20)16-10-15-9-8-14(11-17(15)23-19(16)21)13-6-4-12(2)5-7-13/h4-11H,3H2,1-2H3.